The van der Waals surface area contributed by atoms with Crippen LogP contribution in [0.1, 0.15) is 85.5 Å². The predicted octanol–water partition coefficient (Wildman–Crippen LogP) is 2.93. The fourth-order valence-corrected chi connectivity index (χ4v) is 6.99. The molecule has 0 saturated carbocycles. The second kappa shape index (κ2) is 14.5. The number of fused-ring (bicyclic) bond motifs is 4. The van der Waals surface area contributed by atoms with Crippen LogP contribution in [0.15, 0.2) is 52.3 Å². The maximum Gasteiger partial charge on any atom is 0.183 e. The summed E-state index contributed by atoms with van der Waals surface area (Å²) in [4.78, 5) is 19.2. The first-order valence-corrected chi connectivity index (χ1v) is 16.7. The van der Waals surface area contributed by atoms with Crippen LogP contribution in [0.5, 0.6) is 17.2 Å². The van der Waals surface area contributed by atoms with Crippen molar-refractivity contribution in [2.24, 2.45) is 10.7 Å². The summed E-state index contributed by atoms with van der Waals surface area (Å²) in [6.45, 7) is 3.21. The molecule has 0 radical (unpaired) electrons. The van der Waals surface area contributed by atoms with Crippen LogP contribution >= 0.6 is 0 Å². The van der Waals surface area contributed by atoms with Crippen molar-refractivity contribution in [2.45, 2.75) is 95.4 Å². The molecule has 0 aromatic heterocycles. The van der Waals surface area contributed by atoms with E-state index in [1.54, 1.807) is 0 Å². The Morgan fingerprint density at radius 1 is 1.17 bits per heavy atom. The molecule has 0 unspecified atom stereocenters. The fourth-order valence-electron chi connectivity index (χ4n) is 6.99. The van der Waals surface area contributed by atoms with Crippen molar-refractivity contribution in [3.63, 3.8) is 0 Å². The van der Waals surface area contributed by atoms with Gasteiger partial charge in [-0.2, -0.15) is 0 Å². The number of nitrogens with zero attached hydrogens (tertiary/aromatic N) is 2. The second-order valence-electron chi connectivity index (χ2n) is 13.0. The molecule has 11 nitrogen and oxygen atoms in total. The summed E-state index contributed by atoms with van der Waals surface area (Å²) in [6.07, 6.45) is 3.46. The van der Waals surface area contributed by atoms with Crippen molar-refractivity contribution in [1.82, 2.24) is 10.2 Å². The van der Waals surface area contributed by atoms with E-state index in [9.17, 15) is 30.3 Å². The van der Waals surface area contributed by atoms with Crippen molar-refractivity contribution < 1.29 is 35.1 Å². The average Bonchev–Trinajstić information content (AvgIpc) is 3.62. The molecule has 0 fully saturated rings. The molecule has 5 atom stereocenters. The first-order valence-electron chi connectivity index (χ1n) is 16.7. The van der Waals surface area contributed by atoms with Crippen molar-refractivity contribution in [3.05, 3.63) is 75.1 Å². The first kappa shape index (κ1) is 33.7. The molecule has 2 bridgehead atoms. The zero-order valence-electron chi connectivity index (χ0n) is 27.2. The molecule has 0 spiro atoms. The van der Waals surface area contributed by atoms with E-state index in [0.29, 0.717) is 24.9 Å². The lowest BCUT2D eigenvalue weighted by atomic mass is 9.85. The lowest BCUT2D eigenvalue weighted by Gasteiger charge is -2.29. The van der Waals surface area contributed by atoms with Gasteiger partial charge in [-0.05, 0) is 65.1 Å². The van der Waals surface area contributed by atoms with Gasteiger partial charge in [-0.1, -0.05) is 37.3 Å². The van der Waals surface area contributed by atoms with Crippen LogP contribution in [0.2, 0.25) is 0 Å². The monoisotopic (exact) mass is 656 g/mol. The third-order valence-corrected chi connectivity index (χ3v) is 9.54. The topological polar surface area (TPSA) is 181 Å². The highest BCUT2D eigenvalue weighted by Gasteiger charge is 2.32. The number of Topliss-reactive ketones (excluding diaryl/α,β-unsaturated/α-hetero) is 1. The minimum atomic E-state index is -1.03. The van der Waals surface area contributed by atoms with Gasteiger partial charge in [0.25, 0.3) is 0 Å². The molecular formula is C37H44N4O7. The lowest BCUT2D eigenvalue weighted by molar-refractivity contribution is -0.121. The normalized spacial score (nSPS) is 22.5. The highest BCUT2D eigenvalue weighted by Crippen LogP contribution is 2.39. The largest absolute Gasteiger partial charge is 0.508 e. The molecule has 2 aromatic carbocycles. The molecule has 0 saturated heterocycles. The van der Waals surface area contributed by atoms with E-state index < -0.39 is 24.5 Å². The van der Waals surface area contributed by atoms with Gasteiger partial charge in [0.2, 0.25) is 0 Å². The van der Waals surface area contributed by atoms with Crippen molar-refractivity contribution >= 4 is 12.0 Å². The van der Waals surface area contributed by atoms with E-state index in [1.165, 1.54) is 12.1 Å². The Bertz CT molecular complexity index is 1720. The van der Waals surface area contributed by atoms with Gasteiger partial charge < -0.3 is 40.9 Å². The molecule has 4 aliphatic heterocycles. The van der Waals surface area contributed by atoms with E-state index in [-0.39, 0.29) is 61.3 Å². The zero-order valence-corrected chi connectivity index (χ0v) is 27.2. The standard InChI is InChI=1S/C37H44N4O7/c1-2-4-23(42)15-25(44)16-24(43)8-7-21-14-35(34(47)17-33(21)46)48-36-6-3-5-32(45)27-9-10-28-26(11-12-39-37(28)38)29(27)13-22-18-40-31-20-41(36)19-30(22)31/h9-10,14,17-18,20,23,25,32,36-37,39,42,44-47H,2,4,6-8,11-13,15-16,19,38H2,1H3/t23-,25+,32-,36-,37+/m0/s1. The number of carbonyl (C=O) groups excluding carboxylic acids is 1. The number of rotatable bonds is 11. The number of hydrogen-bond acceptors (Lipinski definition) is 11. The Balaban J connectivity index is 1.22. The second-order valence-corrected chi connectivity index (χ2v) is 13.0. The van der Waals surface area contributed by atoms with Crippen LogP contribution in [0, 0.1) is 11.8 Å². The maximum atomic E-state index is 12.6. The Morgan fingerprint density at radius 3 is 2.79 bits per heavy atom. The third-order valence-electron chi connectivity index (χ3n) is 9.54. The summed E-state index contributed by atoms with van der Waals surface area (Å²) in [5, 5.41) is 56.1. The average molecular weight is 657 g/mol. The number of aryl methyl sites for hydroxylation is 1. The molecule has 2 aromatic rings. The third kappa shape index (κ3) is 7.28. The van der Waals surface area contributed by atoms with Crippen LogP contribution in [-0.2, 0) is 24.1 Å². The first-order chi connectivity index (χ1) is 23.1. The summed E-state index contributed by atoms with van der Waals surface area (Å²) in [7, 11) is 0. The summed E-state index contributed by atoms with van der Waals surface area (Å²) < 4.78 is 6.34. The Morgan fingerprint density at radius 2 is 1.98 bits per heavy atom. The molecule has 4 aliphatic rings. The maximum absolute atomic E-state index is 12.6. The number of nitrogens with one attached hydrogen (secondary N) is 1. The van der Waals surface area contributed by atoms with E-state index >= 15 is 0 Å². The van der Waals surface area contributed by atoms with Crippen LogP contribution < -0.4 is 15.8 Å². The van der Waals surface area contributed by atoms with E-state index in [2.05, 4.69) is 22.2 Å². The number of allylic oxidation sites excluding steroid dienone is 1. The predicted molar refractivity (Wildman–Crippen MR) is 180 cm³/mol. The fraction of sp³-hybridized carbons (Fsp3) is 0.459. The molecule has 11 heteroatoms. The molecule has 6 rings (SSSR count). The number of hydrogen-bond donors (Lipinski definition) is 7. The summed E-state index contributed by atoms with van der Waals surface area (Å²) >= 11 is 0. The highest BCUT2D eigenvalue weighted by molar-refractivity contribution is 5.88. The number of nitrogens with two attached hydrogens (primary N) is 1. The number of aliphatic hydroxyl groups excluding tert-OH is 3. The summed E-state index contributed by atoms with van der Waals surface area (Å²) in [5.74, 6) is 5.58. The van der Waals surface area contributed by atoms with Gasteiger partial charge in [0.1, 0.15) is 17.6 Å². The molecule has 254 valence electrons. The molecule has 8 N–H and O–H groups in total. The number of phenolic OH excluding ortho intramolecular Hbond substituents is 2. The molecule has 48 heavy (non-hydrogen) atoms. The Kier molecular flexibility index (Phi) is 10.2. The van der Waals surface area contributed by atoms with Crippen LogP contribution in [-0.4, -0.2) is 74.0 Å². The van der Waals surface area contributed by atoms with Gasteiger partial charge in [0.15, 0.2) is 17.7 Å². The quantitative estimate of drug-likeness (QED) is 0.178. The van der Waals surface area contributed by atoms with Crippen LogP contribution in [0.25, 0.3) is 0 Å². The van der Waals surface area contributed by atoms with Gasteiger partial charge in [-0.15, -0.1) is 0 Å². The lowest BCUT2D eigenvalue weighted by Crippen LogP contribution is -2.36. The van der Waals surface area contributed by atoms with Crippen molar-refractivity contribution in [1.29, 1.82) is 0 Å². The number of benzene rings is 2. The van der Waals surface area contributed by atoms with Gasteiger partial charge >= 0.3 is 0 Å². The van der Waals surface area contributed by atoms with Gasteiger partial charge in [-0.25, -0.2) is 0 Å². The number of ketones is 1. The molecule has 0 amide bonds. The highest BCUT2D eigenvalue weighted by atomic mass is 16.5. The van der Waals surface area contributed by atoms with Gasteiger partial charge in [-0.3, -0.25) is 15.1 Å². The number of phenols is 2. The van der Waals surface area contributed by atoms with Crippen molar-refractivity contribution in [2.75, 3.05) is 13.1 Å². The summed E-state index contributed by atoms with van der Waals surface area (Å²) in [6, 6.07) is 6.59. The molecule has 4 heterocycles. The summed E-state index contributed by atoms with van der Waals surface area (Å²) in [5.41, 5.74) is 13.7. The smallest absolute Gasteiger partial charge is 0.183 e. The Labute approximate surface area is 280 Å². The van der Waals surface area contributed by atoms with E-state index in [1.807, 2.05) is 36.4 Å². The zero-order chi connectivity index (χ0) is 33.9. The van der Waals surface area contributed by atoms with Gasteiger partial charge in [0.05, 0.1) is 30.5 Å². The number of aliphatic imine (C=N–C) groups is 1. The van der Waals surface area contributed by atoms with Gasteiger partial charge in [0, 0.05) is 56.4 Å². The van der Waals surface area contributed by atoms with E-state index in [4.69, 9.17) is 10.5 Å². The number of aliphatic hydroxyl groups is 3. The molecular weight excluding hydrogens is 612 g/mol. The minimum Gasteiger partial charge on any atom is -0.508 e. The molecule has 0 aliphatic carbocycles. The van der Waals surface area contributed by atoms with E-state index in [0.717, 1.165) is 58.5 Å². The number of ether oxygens (including phenoxy) is 1. The van der Waals surface area contributed by atoms with Crippen LogP contribution in [0.4, 0.5) is 0 Å². The number of carbonyl (C=O) groups is 1. The Hall–Kier alpha value is -4.18. The van der Waals surface area contributed by atoms with Crippen molar-refractivity contribution in [3.8, 4) is 29.1 Å². The minimum absolute atomic E-state index is 0.0613. The SMILES string of the molecule is CCC[C@H](O)C[C@@H](O)CC(=O)CCc1cc(O[C@H]2CC#C[C@H](O)c3ccc4c(c3CC3=C5CN2C=C5N=C3)CCN[C@H]4N)c(O)cc1O. The number of aromatic hydroxyl groups is 2. The van der Waals surface area contributed by atoms with Crippen LogP contribution in [0.3, 0.4) is 0 Å².